The van der Waals surface area contributed by atoms with Gasteiger partial charge in [0.2, 0.25) is 0 Å². The predicted octanol–water partition coefficient (Wildman–Crippen LogP) is -0.225. The zero-order chi connectivity index (χ0) is 13.6. The van der Waals surface area contributed by atoms with Crippen LogP contribution in [0, 0.1) is 0 Å². The standard InChI is InChI=1S/C9H11N3O4S2/c1-2-17(13,14)8-9(18(10,15)16)12-6-4-3-5-7(12)11-8/h3-6H,2H2,1H3,(H2,10,15,16)/i9+1. The van der Waals surface area contributed by atoms with E-state index in [9.17, 15) is 16.8 Å². The van der Waals surface area contributed by atoms with Gasteiger partial charge >= 0.3 is 0 Å². The maximum atomic E-state index is 11.8. The Morgan fingerprint density at radius 1 is 1.28 bits per heavy atom. The first-order chi connectivity index (χ1) is 8.27. The molecular formula is C9H11N3O4S2. The fraction of sp³-hybridized carbons (Fsp3) is 0.222. The third-order valence-corrected chi connectivity index (χ3v) is 5.09. The van der Waals surface area contributed by atoms with E-state index in [2.05, 4.69) is 4.98 Å². The molecule has 0 aliphatic rings. The fourth-order valence-electron chi connectivity index (χ4n) is 1.55. The van der Waals surface area contributed by atoms with Gasteiger partial charge < -0.3 is 0 Å². The van der Waals surface area contributed by atoms with Gasteiger partial charge in [0.05, 0.1) is 5.75 Å². The van der Waals surface area contributed by atoms with Crippen molar-refractivity contribution in [1.82, 2.24) is 9.38 Å². The van der Waals surface area contributed by atoms with E-state index in [1.165, 1.54) is 19.2 Å². The van der Waals surface area contributed by atoms with Crippen molar-refractivity contribution in [1.29, 1.82) is 0 Å². The molecule has 0 saturated carbocycles. The highest BCUT2D eigenvalue weighted by molar-refractivity contribution is 7.93. The lowest BCUT2D eigenvalue weighted by atomic mass is 10.5. The van der Waals surface area contributed by atoms with E-state index < -0.39 is 29.9 Å². The summed E-state index contributed by atoms with van der Waals surface area (Å²) in [5.41, 5.74) is 0.216. The molecule has 7 nitrogen and oxygen atoms in total. The Morgan fingerprint density at radius 2 is 1.94 bits per heavy atom. The predicted molar refractivity (Wildman–Crippen MR) is 64.3 cm³/mol. The van der Waals surface area contributed by atoms with Crippen molar-refractivity contribution >= 4 is 25.5 Å². The van der Waals surface area contributed by atoms with E-state index >= 15 is 0 Å². The molecule has 0 unspecified atom stereocenters. The highest BCUT2D eigenvalue weighted by Crippen LogP contribution is 2.22. The van der Waals surface area contributed by atoms with Gasteiger partial charge in [-0.15, -0.1) is 0 Å². The summed E-state index contributed by atoms with van der Waals surface area (Å²) in [6.07, 6.45) is 1.40. The first-order valence-corrected chi connectivity index (χ1v) is 8.20. The number of hydrogen-bond acceptors (Lipinski definition) is 5. The Morgan fingerprint density at radius 3 is 2.50 bits per heavy atom. The monoisotopic (exact) mass is 290 g/mol. The smallest absolute Gasteiger partial charge is 0.257 e. The lowest BCUT2D eigenvalue weighted by Gasteiger charge is -2.01. The van der Waals surface area contributed by atoms with Crippen molar-refractivity contribution in [3.05, 3.63) is 24.4 Å². The number of sulfonamides is 1. The van der Waals surface area contributed by atoms with E-state index in [1.54, 1.807) is 12.1 Å². The van der Waals surface area contributed by atoms with Crippen molar-refractivity contribution in [2.45, 2.75) is 17.0 Å². The number of pyridine rings is 1. The number of aromatic nitrogens is 2. The number of rotatable bonds is 3. The Labute approximate surface area is 104 Å². The Bertz CT molecular complexity index is 805. The molecule has 0 aliphatic heterocycles. The molecule has 2 aromatic heterocycles. The van der Waals surface area contributed by atoms with Crippen molar-refractivity contribution in [2.75, 3.05) is 5.75 Å². The van der Waals surface area contributed by atoms with Crippen molar-refractivity contribution in [2.24, 2.45) is 5.14 Å². The molecule has 0 bridgehead atoms. The summed E-state index contributed by atoms with van der Waals surface area (Å²) in [6, 6.07) is 4.69. The second-order valence-electron chi connectivity index (χ2n) is 3.60. The van der Waals surface area contributed by atoms with E-state index in [1.807, 2.05) is 0 Å². The SMILES string of the molecule is CCS(=O)(=O)c1nc2ccccn2[13c]1S(N)(=O)=O. The molecule has 18 heavy (non-hydrogen) atoms. The molecular weight excluding hydrogens is 279 g/mol. The summed E-state index contributed by atoms with van der Waals surface area (Å²) in [5.74, 6) is -0.251. The minimum atomic E-state index is -4.19. The molecule has 9 heteroatoms. The van der Waals surface area contributed by atoms with Crippen LogP contribution in [0.4, 0.5) is 0 Å². The average Bonchev–Trinajstić information content (AvgIpc) is 2.68. The van der Waals surface area contributed by atoms with Crippen LogP contribution in [0.25, 0.3) is 5.65 Å². The highest BCUT2D eigenvalue weighted by atomic mass is 32.2. The van der Waals surface area contributed by atoms with Gasteiger partial charge in [-0.2, -0.15) is 0 Å². The summed E-state index contributed by atoms with van der Waals surface area (Å²) in [5, 5.41) is 4.07. The number of hydrogen-bond donors (Lipinski definition) is 1. The Hall–Kier alpha value is -1.45. The van der Waals surface area contributed by atoms with Crippen LogP contribution in [0.15, 0.2) is 34.4 Å². The fourth-order valence-corrected chi connectivity index (χ4v) is 3.87. The van der Waals surface area contributed by atoms with Gasteiger partial charge in [-0.05, 0) is 12.1 Å². The van der Waals surface area contributed by atoms with Crippen molar-refractivity contribution in [3.63, 3.8) is 0 Å². The van der Waals surface area contributed by atoms with Gasteiger partial charge in [0, 0.05) is 6.20 Å². The van der Waals surface area contributed by atoms with E-state index in [4.69, 9.17) is 5.14 Å². The largest absolute Gasteiger partial charge is 0.288 e. The quantitative estimate of drug-likeness (QED) is 0.839. The van der Waals surface area contributed by atoms with Gasteiger partial charge in [-0.3, -0.25) is 4.40 Å². The summed E-state index contributed by atoms with van der Waals surface area (Å²) in [6.45, 7) is 1.41. The minimum absolute atomic E-state index is 0.216. The number of nitrogens with two attached hydrogens (primary N) is 1. The second-order valence-corrected chi connectivity index (χ2v) is 7.27. The molecule has 2 heterocycles. The number of imidazole rings is 1. The topological polar surface area (TPSA) is 112 Å². The van der Waals surface area contributed by atoms with Crippen LogP contribution in [-0.2, 0) is 19.9 Å². The molecule has 98 valence electrons. The molecule has 2 N–H and O–H groups in total. The van der Waals surface area contributed by atoms with Crippen LogP contribution in [-0.4, -0.2) is 32.0 Å². The summed E-state index contributed by atoms with van der Waals surface area (Å²) in [4.78, 5) is 3.84. The Kier molecular flexibility index (Phi) is 2.92. The molecule has 0 fully saturated rings. The van der Waals surface area contributed by atoms with Crippen LogP contribution in [0.1, 0.15) is 6.92 Å². The molecule has 0 atom stereocenters. The van der Waals surface area contributed by atoms with Gasteiger partial charge in [0.15, 0.2) is 19.9 Å². The summed E-state index contributed by atoms with van der Waals surface area (Å²) in [7, 11) is -7.95. The number of nitrogens with zero attached hydrogens (tertiary/aromatic N) is 2. The van der Waals surface area contributed by atoms with E-state index in [0.29, 0.717) is 0 Å². The molecule has 0 radical (unpaired) electrons. The van der Waals surface area contributed by atoms with Crippen LogP contribution in [0.3, 0.4) is 0 Å². The third kappa shape index (κ3) is 2.00. The lowest BCUT2D eigenvalue weighted by molar-refractivity contribution is 0.576. The van der Waals surface area contributed by atoms with Crippen LogP contribution >= 0.6 is 0 Å². The number of sulfone groups is 1. The maximum Gasteiger partial charge on any atom is 0.257 e. The highest BCUT2D eigenvalue weighted by Gasteiger charge is 2.29. The first-order valence-electron chi connectivity index (χ1n) is 5.00. The van der Waals surface area contributed by atoms with Crippen LogP contribution in [0.5, 0.6) is 0 Å². The Balaban J connectivity index is 3.00. The normalized spacial score (nSPS) is 13.0. The van der Waals surface area contributed by atoms with Crippen molar-refractivity contribution in [3.8, 4) is 0 Å². The van der Waals surface area contributed by atoms with Gasteiger partial charge in [-0.25, -0.2) is 27.0 Å². The first kappa shape index (κ1) is 13.0. The zero-order valence-corrected chi connectivity index (χ0v) is 11.1. The van der Waals surface area contributed by atoms with Gasteiger partial charge in [0.1, 0.15) is 5.65 Å². The third-order valence-electron chi connectivity index (χ3n) is 2.40. The summed E-state index contributed by atoms with van der Waals surface area (Å²) < 4.78 is 47.9. The van der Waals surface area contributed by atoms with Crippen molar-refractivity contribution < 1.29 is 16.8 Å². The van der Waals surface area contributed by atoms with Gasteiger partial charge in [0.25, 0.3) is 10.0 Å². The molecule has 0 aliphatic carbocycles. The molecule has 0 saturated heterocycles. The number of fused-ring (bicyclic) bond motifs is 1. The minimum Gasteiger partial charge on any atom is -0.288 e. The van der Waals surface area contributed by atoms with Gasteiger partial charge in [-0.1, -0.05) is 13.0 Å². The summed E-state index contributed by atoms with van der Waals surface area (Å²) >= 11 is 0. The van der Waals surface area contributed by atoms with Crippen LogP contribution in [0.2, 0.25) is 0 Å². The molecule has 0 aromatic carbocycles. The number of primary sulfonamides is 1. The van der Waals surface area contributed by atoms with E-state index in [0.717, 1.165) is 4.40 Å². The molecule has 2 aromatic rings. The van der Waals surface area contributed by atoms with E-state index in [-0.39, 0.29) is 11.4 Å². The zero-order valence-electron chi connectivity index (χ0n) is 9.44. The van der Waals surface area contributed by atoms with Crippen LogP contribution < -0.4 is 5.14 Å². The molecule has 0 amide bonds. The maximum absolute atomic E-state index is 11.8. The lowest BCUT2D eigenvalue weighted by Crippen LogP contribution is -2.19. The average molecular weight is 290 g/mol. The molecule has 0 spiro atoms. The molecule has 2 rings (SSSR count). The second kappa shape index (κ2) is 4.04.